The first-order chi connectivity index (χ1) is 13.8. The number of carbonyl (C=O) groups is 1. The second kappa shape index (κ2) is 7.96. The van der Waals surface area contributed by atoms with Crippen LogP contribution in [0.15, 0.2) is 39.5 Å². The standard InChI is InChI=1S/C19H20ClN3O3S3/c1-3-12-6-7-13-15(11-12)27-19(22(13)2)21-18(24)14-5-4-10-23(14)29(25,26)17-9-8-16(20)28-17/h6-9,11,14H,3-5,10H2,1-2H3. The maximum Gasteiger partial charge on any atom is 0.266 e. The normalized spacial score (nSPS) is 18.7. The number of sulfonamides is 1. The first-order valence-electron chi connectivity index (χ1n) is 9.25. The second-order valence-electron chi connectivity index (χ2n) is 6.88. The maximum absolute atomic E-state index is 13.0. The summed E-state index contributed by atoms with van der Waals surface area (Å²) in [4.78, 5) is 17.8. The summed E-state index contributed by atoms with van der Waals surface area (Å²) in [5.74, 6) is -0.424. The maximum atomic E-state index is 13.0. The van der Waals surface area contributed by atoms with Crippen molar-refractivity contribution in [3.63, 3.8) is 0 Å². The van der Waals surface area contributed by atoms with E-state index < -0.39 is 22.0 Å². The molecule has 6 nitrogen and oxygen atoms in total. The van der Waals surface area contributed by atoms with Crippen molar-refractivity contribution in [3.05, 3.63) is 45.0 Å². The van der Waals surface area contributed by atoms with Gasteiger partial charge < -0.3 is 4.57 Å². The Bertz CT molecular complexity index is 1260. The van der Waals surface area contributed by atoms with E-state index in [-0.39, 0.29) is 4.21 Å². The Balaban J connectivity index is 1.69. The molecule has 1 aliphatic heterocycles. The van der Waals surface area contributed by atoms with Crippen molar-refractivity contribution in [1.29, 1.82) is 0 Å². The van der Waals surface area contributed by atoms with Crippen LogP contribution in [0, 0.1) is 0 Å². The van der Waals surface area contributed by atoms with Crippen molar-refractivity contribution in [1.82, 2.24) is 8.87 Å². The highest BCUT2D eigenvalue weighted by Gasteiger charge is 2.40. The molecule has 1 atom stereocenters. The van der Waals surface area contributed by atoms with E-state index in [9.17, 15) is 13.2 Å². The first kappa shape index (κ1) is 20.7. The van der Waals surface area contributed by atoms with Crippen LogP contribution in [0.1, 0.15) is 25.3 Å². The van der Waals surface area contributed by atoms with Crippen LogP contribution in [-0.4, -0.2) is 35.8 Å². The predicted molar refractivity (Wildman–Crippen MR) is 117 cm³/mol. The van der Waals surface area contributed by atoms with Gasteiger partial charge in [-0.05, 0) is 49.1 Å². The van der Waals surface area contributed by atoms with Crippen molar-refractivity contribution in [3.8, 4) is 0 Å². The molecular weight excluding hydrogens is 450 g/mol. The lowest BCUT2D eigenvalue weighted by Gasteiger charge is -2.20. The number of amides is 1. The highest BCUT2D eigenvalue weighted by atomic mass is 35.5. The van der Waals surface area contributed by atoms with Crippen LogP contribution in [0.2, 0.25) is 4.34 Å². The number of hydrogen-bond acceptors (Lipinski definition) is 5. The molecule has 2 aromatic heterocycles. The molecule has 1 fully saturated rings. The van der Waals surface area contributed by atoms with E-state index in [2.05, 4.69) is 24.0 Å². The minimum atomic E-state index is -3.76. The van der Waals surface area contributed by atoms with Crippen molar-refractivity contribution < 1.29 is 13.2 Å². The zero-order chi connectivity index (χ0) is 20.8. The first-order valence-corrected chi connectivity index (χ1v) is 12.7. The lowest BCUT2D eigenvalue weighted by atomic mass is 10.2. The van der Waals surface area contributed by atoms with Crippen molar-refractivity contribution in [2.45, 2.75) is 36.4 Å². The molecule has 29 heavy (non-hydrogen) atoms. The number of thiazole rings is 1. The Morgan fingerprint density at radius 2 is 2.07 bits per heavy atom. The minimum Gasteiger partial charge on any atom is -0.319 e. The predicted octanol–water partition coefficient (Wildman–Crippen LogP) is 3.80. The van der Waals surface area contributed by atoms with Gasteiger partial charge in [0.25, 0.3) is 15.9 Å². The van der Waals surface area contributed by atoms with Crippen LogP contribution < -0.4 is 4.80 Å². The zero-order valence-electron chi connectivity index (χ0n) is 16.0. The number of hydrogen-bond donors (Lipinski definition) is 0. The fraction of sp³-hybridized carbons (Fsp3) is 0.368. The molecule has 1 aromatic carbocycles. The summed E-state index contributed by atoms with van der Waals surface area (Å²) in [6, 6.07) is 8.46. The van der Waals surface area contributed by atoms with Gasteiger partial charge in [-0.1, -0.05) is 35.9 Å². The highest BCUT2D eigenvalue weighted by Crippen LogP contribution is 2.32. The van der Waals surface area contributed by atoms with Crippen molar-refractivity contribution in [2.24, 2.45) is 12.0 Å². The molecule has 0 radical (unpaired) electrons. The number of rotatable bonds is 4. The van der Waals surface area contributed by atoms with Gasteiger partial charge in [-0.15, -0.1) is 11.3 Å². The number of thiophene rings is 1. The third-order valence-corrected chi connectivity index (χ3v) is 9.79. The van der Waals surface area contributed by atoms with Crippen LogP contribution in [0.3, 0.4) is 0 Å². The Labute approximate surface area is 182 Å². The van der Waals surface area contributed by atoms with Gasteiger partial charge in [0.15, 0.2) is 4.80 Å². The highest BCUT2D eigenvalue weighted by molar-refractivity contribution is 7.91. The van der Waals surface area contributed by atoms with Gasteiger partial charge in [-0.3, -0.25) is 4.79 Å². The molecule has 10 heteroatoms. The average Bonchev–Trinajstić information content (AvgIpc) is 3.41. The van der Waals surface area contributed by atoms with E-state index in [1.54, 1.807) is 6.07 Å². The van der Waals surface area contributed by atoms with Crippen LogP contribution in [-0.2, 0) is 28.3 Å². The molecule has 0 aliphatic carbocycles. The number of fused-ring (bicyclic) bond motifs is 1. The number of halogens is 1. The number of benzene rings is 1. The largest absolute Gasteiger partial charge is 0.319 e. The summed E-state index contributed by atoms with van der Waals surface area (Å²) < 4.78 is 30.7. The minimum absolute atomic E-state index is 0.154. The summed E-state index contributed by atoms with van der Waals surface area (Å²) >= 11 is 8.35. The summed E-state index contributed by atoms with van der Waals surface area (Å²) in [7, 11) is -1.90. The fourth-order valence-corrected chi connectivity index (χ4v) is 7.85. The molecule has 4 rings (SSSR count). The molecule has 0 saturated carbocycles. The SMILES string of the molecule is CCc1ccc2c(c1)sc(=NC(=O)C1CCCN1S(=O)(=O)c1ccc(Cl)s1)n2C. The summed E-state index contributed by atoms with van der Waals surface area (Å²) in [5.41, 5.74) is 2.22. The van der Waals surface area contributed by atoms with Gasteiger partial charge in [0.2, 0.25) is 0 Å². The van der Waals surface area contributed by atoms with Gasteiger partial charge in [-0.2, -0.15) is 9.30 Å². The second-order valence-corrected chi connectivity index (χ2v) is 11.7. The van der Waals surface area contributed by atoms with E-state index in [0.29, 0.717) is 28.5 Å². The molecule has 0 N–H and O–H groups in total. The number of nitrogens with zero attached hydrogens (tertiary/aromatic N) is 3. The Morgan fingerprint density at radius 3 is 2.76 bits per heavy atom. The molecule has 154 valence electrons. The van der Waals surface area contributed by atoms with E-state index in [1.165, 1.54) is 27.3 Å². The van der Waals surface area contributed by atoms with Crippen molar-refractivity contribution >= 4 is 60.4 Å². The Morgan fingerprint density at radius 1 is 1.28 bits per heavy atom. The molecule has 1 aliphatic rings. The molecule has 3 heterocycles. The lowest BCUT2D eigenvalue weighted by Crippen LogP contribution is -2.40. The molecular formula is C19H20ClN3O3S3. The summed E-state index contributed by atoms with van der Waals surface area (Å²) in [5, 5.41) is 0. The van der Waals surface area contributed by atoms with E-state index in [4.69, 9.17) is 11.6 Å². The number of aryl methyl sites for hydroxylation is 2. The molecule has 1 unspecified atom stereocenters. The summed E-state index contributed by atoms with van der Waals surface area (Å²) in [6.07, 6.45) is 2.03. The average molecular weight is 470 g/mol. The van der Waals surface area contributed by atoms with E-state index in [0.717, 1.165) is 28.0 Å². The molecule has 3 aromatic rings. The monoisotopic (exact) mass is 469 g/mol. The van der Waals surface area contributed by atoms with Gasteiger partial charge in [-0.25, -0.2) is 8.42 Å². The van der Waals surface area contributed by atoms with Crippen molar-refractivity contribution in [2.75, 3.05) is 6.54 Å². The van der Waals surface area contributed by atoms with Crippen LogP contribution >= 0.6 is 34.3 Å². The Hall–Kier alpha value is -1.52. The summed E-state index contributed by atoms with van der Waals surface area (Å²) in [6.45, 7) is 2.40. The van der Waals surface area contributed by atoms with Crippen LogP contribution in [0.25, 0.3) is 10.2 Å². The number of aromatic nitrogens is 1. The van der Waals surface area contributed by atoms with Gasteiger partial charge in [0, 0.05) is 13.6 Å². The molecule has 0 bridgehead atoms. The van der Waals surface area contributed by atoms with Gasteiger partial charge in [0.1, 0.15) is 10.3 Å². The number of carbonyl (C=O) groups excluding carboxylic acids is 1. The third kappa shape index (κ3) is 3.82. The lowest BCUT2D eigenvalue weighted by molar-refractivity contribution is -0.121. The van der Waals surface area contributed by atoms with Gasteiger partial charge >= 0.3 is 0 Å². The molecule has 1 amide bonds. The topological polar surface area (TPSA) is 71.7 Å². The zero-order valence-corrected chi connectivity index (χ0v) is 19.2. The quantitative estimate of drug-likeness (QED) is 0.583. The fourth-order valence-electron chi connectivity index (χ4n) is 3.50. The third-order valence-electron chi connectivity index (χ3n) is 5.09. The smallest absolute Gasteiger partial charge is 0.266 e. The van der Waals surface area contributed by atoms with Crippen LogP contribution in [0.4, 0.5) is 0 Å². The van der Waals surface area contributed by atoms with Crippen LogP contribution in [0.5, 0.6) is 0 Å². The van der Waals surface area contributed by atoms with E-state index >= 15 is 0 Å². The molecule has 1 saturated heterocycles. The Kier molecular flexibility index (Phi) is 5.69. The van der Waals surface area contributed by atoms with Gasteiger partial charge in [0.05, 0.1) is 14.6 Å². The molecule has 0 spiro atoms. The van der Waals surface area contributed by atoms with E-state index in [1.807, 2.05) is 17.7 Å².